The highest BCUT2D eigenvalue weighted by Crippen LogP contribution is 2.48. The highest BCUT2D eigenvalue weighted by molar-refractivity contribution is 5.85. The molecule has 0 heterocycles. The zero-order chi connectivity index (χ0) is 19.8. The van der Waals surface area contributed by atoms with Crippen LogP contribution in [0.25, 0.3) is 11.1 Å². The normalized spacial score (nSPS) is 11.6. The summed E-state index contributed by atoms with van der Waals surface area (Å²) in [6, 6.07) is 4.42. The van der Waals surface area contributed by atoms with Gasteiger partial charge in [0.25, 0.3) is 0 Å². The van der Waals surface area contributed by atoms with E-state index in [1.807, 2.05) is 13.8 Å². The van der Waals surface area contributed by atoms with E-state index in [4.69, 9.17) is 0 Å². The number of aryl methyl sites for hydroxylation is 2. The predicted octanol–water partition coefficient (Wildman–Crippen LogP) is 6.75. The van der Waals surface area contributed by atoms with Gasteiger partial charge in [-0.1, -0.05) is 53.7 Å². The molecule has 2 heteroatoms. The molecule has 0 saturated heterocycles. The maximum Gasteiger partial charge on any atom is 0.127 e. The average molecular weight is 355 g/mol. The second-order valence-corrected chi connectivity index (χ2v) is 7.96. The van der Waals surface area contributed by atoms with Gasteiger partial charge in [0.15, 0.2) is 0 Å². The number of rotatable bonds is 5. The number of benzene rings is 2. The van der Waals surface area contributed by atoms with Crippen LogP contribution in [0.15, 0.2) is 12.1 Å². The van der Waals surface area contributed by atoms with Crippen LogP contribution in [0, 0.1) is 13.8 Å². The van der Waals surface area contributed by atoms with E-state index in [0.717, 1.165) is 46.2 Å². The molecular formula is C24H34O2. The lowest BCUT2D eigenvalue weighted by molar-refractivity contribution is 0.462. The Morgan fingerprint density at radius 2 is 1.00 bits per heavy atom. The van der Waals surface area contributed by atoms with Gasteiger partial charge in [-0.15, -0.1) is 0 Å². The van der Waals surface area contributed by atoms with Gasteiger partial charge in [0.05, 0.1) is 0 Å². The van der Waals surface area contributed by atoms with Crippen LogP contribution in [0.4, 0.5) is 0 Å². The molecular weight excluding hydrogens is 320 g/mol. The Balaban J connectivity index is 3.01. The molecule has 2 aromatic rings. The summed E-state index contributed by atoms with van der Waals surface area (Å²) in [5, 5.41) is 22.3. The molecule has 2 aromatic carbocycles. The van der Waals surface area contributed by atoms with Gasteiger partial charge in [0.1, 0.15) is 11.5 Å². The molecule has 0 aliphatic rings. The maximum absolute atomic E-state index is 11.1. The lowest BCUT2D eigenvalue weighted by Gasteiger charge is -2.25. The molecule has 0 fully saturated rings. The zero-order valence-corrected chi connectivity index (χ0v) is 17.6. The monoisotopic (exact) mass is 354 g/mol. The number of hydrogen-bond donors (Lipinski definition) is 2. The Morgan fingerprint density at radius 1 is 0.692 bits per heavy atom. The summed E-state index contributed by atoms with van der Waals surface area (Å²) < 4.78 is 0. The lowest BCUT2D eigenvalue weighted by Crippen LogP contribution is -2.04. The van der Waals surface area contributed by atoms with Crippen molar-refractivity contribution >= 4 is 0 Å². The van der Waals surface area contributed by atoms with Crippen LogP contribution in [0.5, 0.6) is 11.5 Å². The summed E-state index contributed by atoms with van der Waals surface area (Å²) in [5.74, 6) is 1.14. The van der Waals surface area contributed by atoms with Crippen LogP contribution >= 0.6 is 0 Å². The van der Waals surface area contributed by atoms with E-state index in [2.05, 4.69) is 53.7 Å². The molecule has 0 saturated carbocycles. The Kier molecular flexibility index (Phi) is 6.05. The predicted molar refractivity (Wildman–Crippen MR) is 112 cm³/mol. The van der Waals surface area contributed by atoms with Crippen LogP contribution in [0.2, 0.25) is 0 Å². The first-order chi connectivity index (χ1) is 12.1. The van der Waals surface area contributed by atoms with E-state index in [0.29, 0.717) is 11.5 Å². The second-order valence-electron chi connectivity index (χ2n) is 7.96. The first-order valence-corrected chi connectivity index (χ1v) is 9.86. The van der Waals surface area contributed by atoms with Crippen LogP contribution < -0.4 is 0 Å². The van der Waals surface area contributed by atoms with Gasteiger partial charge in [-0.25, -0.2) is 0 Å². The van der Waals surface area contributed by atoms with Crippen LogP contribution in [-0.4, -0.2) is 10.2 Å². The Bertz CT molecular complexity index is 744. The molecule has 0 aromatic heterocycles. The maximum atomic E-state index is 11.1. The second kappa shape index (κ2) is 7.73. The average Bonchev–Trinajstić information content (AvgIpc) is 2.59. The van der Waals surface area contributed by atoms with Crippen molar-refractivity contribution < 1.29 is 10.2 Å². The van der Waals surface area contributed by atoms with Crippen LogP contribution in [-0.2, 0) is 12.8 Å². The Labute approximate surface area is 158 Å². The van der Waals surface area contributed by atoms with Crippen molar-refractivity contribution in [2.45, 2.75) is 80.1 Å². The number of hydrogen-bond acceptors (Lipinski definition) is 2. The van der Waals surface area contributed by atoms with Gasteiger partial charge in [0, 0.05) is 11.1 Å². The Morgan fingerprint density at radius 3 is 1.23 bits per heavy atom. The molecule has 0 aliphatic heterocycles. The fourth-order valence-corrected chi connectivity index (χ4v) is 3.86. The summed E-state index contributed by atoms with van der Waals surface area (Å²) in [6.45, 7) is 16.8. The van der Waals surface area contributed by atoms with Crippen molar-refractivity contribution in [1.82, 2.24) is 0 Å². The van der Waals surface area contributed by atoms with Crippen LogP contribution in [0.1, 0.15) is 86.8 Å². The molecule has 0 bridgehead atoms. The first kappa shape index (κ1) is 20.4. The van der Waals surface area contributed by atoms with Gasteiger partial charge in [0.2, 0.25) is 0 Å². The van der Waals surface area contributed by atoms with Crippen LogP contribution in [0.3, 0.4) is 0 Å². The quantitative estimate of drug-likeness (QED) is 0.623. The fourth-order valence-electron chi connectivity index (χ4n) is 3.86. The molecule has 0 radical (unpaired) electrons. The van der Waals surface area contributed by atoms with Gasteiger partial charge in [-0.05, 0) is 71.9 Å². The van der Waals surface area contributed by atoms with E-state index < -0.39 is 0 Å². The third-order valence-corrected chi connectivity index (χ3v) is 5.64. The molecule has 2 rings (SSSR count). The lowest BCUT2D eigenvalue weighted by atomic mass is 9.81. The molecule has 0 spiro atoms. The minimum Gasteiger partial charge on any atom is -0.507 e. The van der Waals surface area contributed by atoms with Crippen molar-refractivity contribution in [3.8, 4) is 22.6 Å². The van der Waals surface area contributed by atoms with E-state index >= 15 is 0 Å². The SMILES string of the molecule is CCc1cc(C(C)C)c(-c2c(C(C)C)cc(CC)c(C)c2O)c(O)c1C. The van der Waals surface area contributed by atoms with Crippen molar-refractivity contribution in [3.63, 3.8) is 0 Å². The molecule has 2 N–H and O–H groups in total. The molecule has 2 nitrogen and oxygen atoms in total. The zero-order valence-electron chi connectivity index (χ0n) is 17.6. The molecule has 142 valence electrons. The Hall–Kier alpha value is -1.96. The van der Waals surface area contributed by atoms with Gasteiger partial charge in [-0.3, -0.25) is 0 Å². The van der Waals surface area contributed by atoms with E-state index in [-0.39, 0.29) is 11.8 Å². The van der Waals surface area contributed by atoms with E-state index in [1.165, 1.54) is 11.1 Å². The summed E-state index contributed by atoms with van der Waals surface area (Å²) in [5.41, 5.74) is 7.99. The highest BCUT2D eigenvalue weighted by atomic mass is 16.3. The molecule has 0 amide bonds. The molecule has 0 unspecified atom stereocenters. The third kappa shape index (κ3) is 3.34. The van der Waals surface area contributed by atoms with Crippen molar-refractivity contribution in [3.05, 3.63) is 45.5 Å². The van der Waals surface area contributed by atoms with Gasteiger partial charge < -0.3 is 10.2 Å². The molecule has 0 atom stereocenters. The summed E-state index contributed by atoms with van der Waals surface area (Å²) in [4.78, 5) is 0. The smallest absolute Gasteiger partial charge is 0.127 e. The largest absolute Gasteiger partial charge is 0.507 e. The van der Waals surface area contributed by atoms with Gasteiger partial charge in [-0.2, -0.15) is 0 Å². The number of phenols is 2. The summed E-state index contributed by atoms with van der Waals surface area (Å²) in [7, 11) is 0. The summed E-state index contributed by atoms with van der Waals surface area (Å²) >= 11 is 0. The fraction of sp³-hybridized carbons (Fsp3) is 0.500. The summed E-state index contributed by atoms with van der Waals surface area (Å²) in [6.07, 6.45) is 1.77. The standard InChI is InChI=1S/C24H34O2/c1-9-17-11-19(13(3)4)21(23(25)15(17)7)22-20(14(5)6)12-18(10-2)16(8)24(22)26/h11-14,25-26H,9-10H2,1-8H3. The van der Waals surface area contributed by atoms with Crippen molar-refractivity contribution in [1.29, 1.82) is 0 Å². The van der Waals surface area contributed by atoms with E-state index in [1.54, 1.807) is 0 Å². The topological polar surface area (TPSA) is 40.5 Å². The minimum absolute atomic E-state index is 0.257. The van der Waals surface area contributed by atoms with Crippen molar-refractivity contribution in [2.75, 3.05) is 0 Å². The molecule has 26 heavy (non-hydrogen) atoms. The molecule has 0 aliphatic carbocycles. The minimum atomic E-state index is 0.257. The third-order valence-electron chi connectivity index (χ3n) is 5.64. The van der Waals surface area contributed by atoms with Gasteiger partial charge >= 0.3 is 0 Å². The number of aromatic hydroxyl groups is 2. The number of phenolic OH excluding ortho intramolecular Hbond substituents is 2. The first-order valence-electron chi connectivity index (χ1n) is 9.86. The highest BCUT2D eigenvalue weighted by Gasteiger charge is 2.25. The van der Waals surface area contributed by atoms with E-state index in [9.17, 15) is 10.2 Å². The van der Waals surface area contributed by atoms with Crippen molar-refractivity contribution in [2.24, 2.45) is 0 Å².